The molecule has 0 aliphatic carbocycles. The first kappa shape index (κ1) is 17.9. The standard InChI is InChI=1S/C21H21N3OS/c1-25-19-11-9-17(10-12-19)15-23-21(26)24-20-18(8-5-13-22-20)14-16-6-3-2-4-7-16/h2-13H,14-15H2,1H3,(H2,22,23,24,26). The van der Waals surface area contributed by atoms with Crippen molar-refractivity contribution in [1.82, 2.24) is 10.3 Å². The third kappa shape index (κ3) is 5.04. The molecule has 0 aliphatic heterocycles. The Kier molecular flexibility index (Phi) is 6.17. The molecule has 0 amide bonds. The molecule has 0 radical (unpaired) electrons. The number of hydrogen-bond acceptors (Lipinski definition) is 3. The van der Waals surface area contributed by atoms with Crippen LogP contribution < -0.4 is 15.4 Å². The van der Waals surface area contributed by atoms with E-state index in [9.17, 15) is 0 Å². The molecule has 0 aliphatic rings. The molecule has 0 unspecified atom stereocenters. The topological polar surface area (TPSA) is 46.2 Å². The summed E-state index contributed by atoms with van der Waals surface area (Å²) >= 11 is 5.42. The Bertz CT molecular complexity index is 851. The maximum absolute atomic E-state index is 5.42. The van der Waals surface area contributed by atoms with Gasteiger partial charge in [-0.3, -0.25) is 0 Å². The lowest BCUT2D eigenvalue weighted by molar-refractivity contribution is 0.414. The highest BCUT2D eigenvalue weighted by atomic mass is 32.1. The predicted molar refractivity (Wildman–Crippen MR) is 110 cm³/mol. The third-order valence-corrected chi connectivity index (χ3v) is 4.22. The molecule has 5 heteroatoms. The largest absolute Gasteiger partial charge is 0.497 e. The van der Waals surface area contributed by atoms with E-state index in [0.717, 1.165) is 29.1 Å². The summed E-state index contributed by atoms with van der Waals surface area (Å²) in [6.07, 6.45) is 2.57. The van der Waals surface area contributed by atoms with Gasteiger partial charge in [-0.15, -0.1) is 0 Å². The molecule has 26 heavy (non-hydrogen) atoms. The third-order valence-electron chi connectivity index (χ3n) is 3.97. The lowest BCUT2D eigenvalue weighted by Gasteiger charge is -2.13. The van der Waals surface area contributed by atoms with E-state index in [1.54, 1.807) is 13.3 Å². The van der Waals surface area contributed by atoms with Gasteiger partial charge in [0.1, 0.15) is 11.6 Å². The molecule has 1 aromatic heterocycles. The molecule has 0 saturated carbocycles. The summed E-state index contributed by atoms with van der Waals surface area (Å²) in [5.74, 6) is 1.62. The number of hydrogen-bond donors (Lipinski definition) is 2. The first-order valence-corrected chi connectivity index (χ1v) is 8.81. The number of anilines is 1. The lowest BCUT2D eigenvalue weighted by Crippen LogP contribution is -2.28. The highest BCUT2D eigenvalue weighted by Crippen LogP contribution is 2.16. The lowest BCUT2D eigenvalue weighted by atomic mass is 10.1. The van der Waals surface area contributed by atoms with Crippen LogP contribution in [0, 0.1) is 0 Å². The normalized spacial score (nSPS) is 10.2. The van der Waals surface area contributed by atoms with Crippen molar-refractivity contribution in [3.63, 3.8) is 0 Å². The number of nitrogens with zero attached hydrogens (tertiary/aromatic N) is 1. The summed E-state index contributed by atoms with van der Waals surface area (Å²) in [4.78, 5) is 4.44. The maximum Gasteiger partial charge on any atom is 0.172 e. The number of ether oxygens (including phenoxy) is 1. The van der Waals surface area contributed by atoms with Gasteiger partial charge in [0.05, 0.1) is 7.11 Å². The zero-order chi connectivity index (χ0) is 18.2. The van der Waals surface area contributed by atoms with Crippen LogP contribution in [0.3, 0.4) is 0 Å². The molecule has 3 rings (SSSR count). The fourth-order valence-electron chi connectivity index (χ4n) is 2.59. The van der Waals surface area contributed by atoms with Crippen LogP contribution in [0.15, 0.2) is 72.9 Å². The Hall–Kier alpha value is -2.92. The fourth-order valence-corrected chi connectivity index (χ4v) is 2.76. The SMILES string of the molecule is COc1ccc(CNC(=S)Nc2ncccc2Cc2ccccc2)cc1. The van der Waals surface area contributed by atoms with Crippen molar-refractivity contribution < 1.29 is 4.74 Å². The van der Waals surface area contributed by atoms with E-state index in [-0.39, 0.29) is 0 Å². The van der Waals surface area contributed by atoms with Crippen LogP contribution in [-0.2, 0) is 13.0 Å². The van der Waals surface area contributed by atoms with E-state index < -0.39 is 0 Å². The van der Waals surface area contributed by atoms with E-state index in [1.807, 2.05) is 48.5 Å². The average Bonchev–Trinajstić information content (AvgIpc) is 2.69. The van der Waals surface area contributed by atoms with Crippen molar-refractivity contribution in [2.45, 2.75) is 13.0 Å². The van der Waals surface area contributed by atoms with Gasteiger partial charge in [0.25, 0.3) is 0 Å². The van der Waals surface area contributed by atoms with Gasteiger partial charge in [-0.1, -0.05) is 48.5 Å². The Morgan fingerprint density at radius 2 is 1.73 bits per heavy atom. The number of nitrogens with one attached hydrogen (secondary N) is 2. The van der Waals surface area contributed by atoms with Crippen molar-refractivity contribution in [3.8, 4) is 5.75 Å². The Morgan fingerprint density at radius 1 is 0.962 bits per heavy atom. The second kappa shape index (κ2) is 8.97. The second-order valence-electron chi connectivity index (χ2n) is 5.83. The zero-order valence-electron chi connectivity index (χ0n) is 14.6. The van der Waals surface area contributed by atoms with E-state index in [1.165, 1.54) is 5.56 Å². The van der Waals surface area contributed by atoms with Gasteiger partial charge < -0.3 is 15.4 Å². The van der Waals surface area contributed by atoms with Gasteiger partial charge in [0.15, 0.2) is 5.11 Å². The smallest absolute Gasteiger partial charge is 0.172 e. The van der Waals surface area contributed by atoms with E-state index >= 15 is 0 Å². The molecule has 0 fully saturated rings. The summed E-state index contributed by atoms with van der Waals surface area (Å²) in [6.45, 7) is 0.636. The molecule has 0 spiro atoms. The van der Waals surface area contributed by atoms with Gasteiger partial charge in [-0.2, -0.15) is 0 Å². The van der Waals surface area contributed by atoms with Crippen molar-refractivity contribution >= 4 is 23.1 Å². The Labute approximate surface area is 159 Å². The second-order valence-corrected chi connectivity index (χ2v) is 6.24. The minimum absolute atomic E-state index is 0.550. The van der Waals surface area contributed by atoms with Crippen LogP contribution in [0.1, 0.15) is 16.7 Å². The molecule has 1 heterocycles. The first-order chi connectivity index (χ1) is 12.7. The van der Waals surface area contributed by atoms with Crippen LogP contribution >= 0.6 is 12.2 Å². The number of thiocarbonyl (C=S) groups is 1. The summed E-state index contributed by atoms with van der Waals surface area (Å²) < 4.78 is 5.17. The minimum Gasteiger partial charge on any atom is -0.497 e. The van der Waals surface area contributed by atoms with E-state index in [2.05, 4.69) is 33.8 Å². The van der Waals surface area contributed by atoms with Gasteiger partial charge in [-0.25, -0.2) is 4.98 Å². The van der Waals surface area contributed by atoms with Gasteiger partial charge in [0.2, 0.25) is 0 Å². The van der Waals surface area contributed by atoms with Crippen molar-refractivity contribution in [2.24, 2.45) is 0 Å². The summed E-state index contributed by atoms with van der Waals surface area (Å²) in [5.41, 5.74) is 3.47. The summed E-state index contributed by atoms with van der Waals surface area (Å²) in [7, 11) is 1.66. The number of aromatic nitrogens is 1. The quantitative estimate of drug-likeness (QED) is 0.644. The zero-order valence-corrected chi connectivity index (χ0v) is 15.4. The number of rotatable bonds is 6. The minimum atomic E-state index is 0.550. The van der Waals surface area contributed by atoms with Crippen molar-refractivity contribution in [2.75, 3.05) is 12.4 Å². The van der Waals surface area contributed by atoms with Crippen molar-refractivity contribution in [1.29, 1.82) is 0 Å². The molecule has 0 saturated heterocycles. The van der Waals surface area contributed by atoms with Gasteiger partial charge >= 0.3 is 0 Å². The Morgan fingerprint density at radius 3 is 2.46 bits per heavy atom. The molecule has 4 nitrogen and oxygen atoms in total. The number of methoxy groups -OCH3 is 1. The van der Waals surface area contributed by atoms with Crippen LogP contribution in [0.2, 0.25) is 0 Å². The molecule has 2 aromatic carbocycles. The monoisotopic (exact) mass is 363 g/mol. The molecule has 0 bridgehead atoms. The fraction of sp³-hybridized carbons (Fsp3) is 0.143. The predicted octanol–water partition coefficient (Wildman–Crippen LogP) is 4.17. The van der Waals surface area contributed by atoms with Crippen LogP contribution in [0.4, 0.5) is 5.82 Å². The average molecular weight is 363 g/mol. The highest BCUT2D eigenvalue weighted by Gasteiger charge is 2.06. The summed E-state index contributed by atoms with van der Waals surface area (Å²) in [5, 5.41) is 6.97. The van der Waals surface area contributed by atoms with E-state index in [4.69, 9.17) is 17.0 Å². The summed E-state index contributed by atoms with van der Waals surface area (Å²) in [6, 6.07) is 22.2. The highest BCUT2D eigenvalue weighted by molar-refractivity contribution is 7.80. The molecule has 2 N–H and O–H groups in total. The molecule has 132 valence electrons. The maximum atomic E-state index is 5.42. The van der Waals surface area contributed by atoms with Crippen LogP contribution in [-0.4, -0.2) is 17.2 Å². The van der Waals surface area contributed by atoms with E-state index in [0.29, 0.717) is 11.7 Å². The molecule has 0 atom stereocenters. The number of pyridine rings is 1. The van der Waals surface area contributed by atoms with Crippen molar-refractivity contribution in [3.05, 3.63) is 89.6 Å². The first-order valence-electron chi connectivity index (χ1n) is 8.40. The Balaban J connectivity index is 1.60. The van der Waals surface area contributed by atoms with Crippen LogP contribution in [0.5, 0.6) is 5.75 Å². The van der Waals surface area contributed by atoms with Gasteiger partial charge in [-0.05, 0) is 47.1 Å². The number of benzene rings is 2. The van der Waals surface area contributed by atoms with Gasteiger partial charge in [0, 0.05) is 19.2 Å². The van der Waals surface area contributed by atoms with Crippen LogP contribution in [0.25, 0.3) is 0 Å². The molecular weight excluding hydrogens is 342 g/mol. The molecule has 3 aromatic rings. The molecular formula is C21H21N3OS.